The Morgan fingerprint density at radius 1 is 1.00 bits per heavy atom. The molecule has 0 saturated heterocycles. The van der Waals surface area contributed by atoms with Crippen molar-refractivity contribution >= 4 is 11.4 Å². The predicted octanol–water partition coefficient (Wildman–Crippen LogP) is 4.90. The Bertz CT molecular complexity index is 630. The van der Waals surface area contributed by atoms with Gasteiger partial charge in [-0.05, 0) is 59.9 Å². The molecule has 1 unspecified atom stereocenters. The number of nitrogen functional groups attached to an aromatic ring is 2. The number of benzene rings is 2. The lowest BCUT2D eigenvalue weighted by Crippen LogP contribution is -2.10. The van der Waals surface area contributed by atoms with Gasteiger partial charge in [0, 0.05) is 11.4 Å². The minimum Gasteiger partial charge on any atom is -0.398 e. The fourth-order valence-corrected chi connectivity index (χ4v) is 3.17. The molecule has 2 nitrogen and oxygen atoms in total. The van der Waals surface area contributed by atoms with E-state index in [-0.39, 0.29) is 0 Å². The molecule has 0 aliphatic rings. The number of anilines is 2. The van der Waals surface area contributed by atoms with Gasteiger partial charge in [0.15, 0.2) is 0 Å². The van der Waals surface area contributed by atoms with Gasteiger partial charge in [-0.25, -0.2) is 0 Å². The second kappa shape index (κ2) is 6.87. The first-order valence-electron chi connectivity index (χ1n) is 8.11. The highest BCUT2D eigenvalue weighted by molar-refractivity contribution is 5.68. The highest BCUT2D eigenvalue weighted by atomic mass is 14.6. The van der Waals surface area contributed by atoms with Crippen LogP contribution in [-0.2, 0) is 6.42 Å². The normalized spacial score (nSPS) is 12.6. The minimum absolute atomic E-state index is 0.462. The second-order valence-electron chi connectivity index (χ2n) is 6.77. The molecule has 0 heterocycles. The summed E-state index contributed by atoms with van der Waals surface area (Å²) in [6, 6.07) is 12.6. The van der Waals surface area contributed by atoms with Gasteiger partial charge in [-0.2, -0.15) is 0 Å². The number of nitrogens with two attached hydrogens (primary N) is 2. The molecule has 0 spiro atoms. The zero-order chi connectivity index (χ0) is 16.3. The highest BCUT2D eigenvalue weighted by Crippen LogP contribution is 2.35. The van der Waals surface area contributed by atoms with E-state index in [1.807, 2.05) is 13.0 Å². The molecule has 0 saturated carbocycles. The summed E-state index contributed by atoms with van der Waals surface area (Å²) in [6.45, 7) is 8.80. The van der Waals surface area contributed by atoms with E-state index >= 15 is 0 Å². The Morgan fingerprint density at radius 2 is 1.64 bits per heavy atom. The summed E-state index contributed by atoms with van der Waals surface area (Å²) < 4.78 is 0. The van der Waals surface area contributed by atoms with Crippen molar-refractivity contribution in [3.63, 3.8) is 0 Å². The van der Waals surface area contributed by atoms with Crippen LogP contribution in [0.3, 0.4) is 0 Å². The highest BCUT2D eigenvalue weighted by Gasteiger charge is 2.18. The zero-order valence-corrected chi connectivity index (χ0v) is 14.2. The van der Waals surface area contributed by atoms with Crippen LogP contribution in [-0.4, -0.2) is 0 Å². The molecule has 0 amide bonds. The number of hydrogen-bond acceptors (Lipinski definition) is 2. The van der Waals surface area contributed by atoms with E-state index in [1.165, 1.54) is 16.7 Å². The van der Waals surface area contributed by atoms with Crippen LogP contribution >= 0.6 is 0 Å². The van der Waals surface area contributed by atoms with Gasteiger partial charge in [-0.1, -0.05) is 51.1 Å². The maximum Gasteiger partial charge on any atom is 0.0403 e. The average molecular weight is 296 g/mol. The molecule has 2 rings (SSSR count). The fraction of sp³-hybridized carbons (Fsp3) is 0.400. The van der Waals surface area contributed by atoms with Crippen molar-refractivity contribution in [2.75, 3.05) is 11.5 Å². The molecule has 0 bridgehead atoms. The molecule has 4 N–H and O–H groups in total. The quantitative estimate of drug-likeness (QED) is 0.771. The molecular formula is C20H28N2. The van der Waals surface area contributed by atoms with Crippen molar-refractivity contribution in [1.29, 1.82) is 0 Å². The van der Waals surface area contributed by atoms with Crippen LogP contribution in [0.2, 0.25) is 0 Å². The third-order valence-corrected chi connectivity index (χ3v) is 4.40. The molecule has 118 valence electrons. The van der Waals surface area contributed by atoms with Crippen LogP contribution in [0.5, 0.6) is 0 Å². The van der Waals surface area contributed by atoms with Crippen LogP contribution in [0.4, 0.5) is 11.4 Å². The SMILES string of the molecule is Cc1c(N)cc(C(C)CC(C)C)c(Cc2ccccc2)c1N. The van der Waals surface area contributed by atoms with Crippen molar-refractivity contribution in [1.82, 2.24) is 0 Å². The molecule has 0 aliphatic heterocycles. The van der Waals surface area contributed by atoms with Crippen LogP contribution in [0.15, 0.2) is 36.4 Å². The maximum absolute atomic E-state index is 6.42. The molecule has 2 aromatic rings. The van der Waals surface area contributed by atoms with E-state index in [1.54, 1.807) is 0 Å². The lowest BCUT2D eigenvalue weighted by molar-refractivity contribution is 0.522. The topological polar surface area (TPSA) is 52.0 Å². The Morgan fingerprint density at radius 3 is 2.23 bits per heavy atom. The molecule has 1 atom stereocenters. The third kappa shape index (κ3) is 3.62. The van der Waals surface area contributed by atoms with Crippen molar-refractivity contribution in [3.05, 3.63) is 58.7 Å². The molecule has 0 radical (unpaired) electrons. The molecule has 0 fully saturated rings. The smallest absolute Gasteiger partial charge is 0.0403 e. The molecule has 0 aliphatic carbocycles. The summed E-state index contributed by atoms with van der Waals surface area (Å²) in [4.78, 5) is 0. The second-order valence-corrected chi connectivity index (χ2v) is 6.77. The van der Waals surface area contributed by atoms with Crippen LogP contribution in [0.25, 0.3) is 0 Å². The summed E-state index contributed by atoms with van der Waals surface area (Å²) in [5, 5.41) is 0. The Hall–Kier alpha value is -1.96. The van der Waals surface area contributed by atoms with Crippen molar-refractivity contribution in [2.45, 2.75) is 46.5 Å². The first-order chi connectivity index (χ1) is 10.4. The van der Waals surface area contributed by atoms with Gasteiger partial charge in [0.05, 0.1) is 0 Å². The summed E-state index contributed by atoms with van der Waals surface area (Å²) >= 11 is 0. The van der Waals surface area contributed by atoms with Crippen LogP contribution in [0, 0.1) is 12.8 Å². The first kappa shape index (κ1) is 16.4. The fourth-order valence-electron chi connectivity index (χ4n) is 3.17. The summed E-state index contributed by atoms with van der Waals surface area (Å²) in [5.41, 5.74) is 19.1. The van der Waals surface area contributed by atoms with Gasteiger partial charge in [-0.3, -0.25) is 0 Å². The van der Waals surface area contributed by atoms with Crippen LogP contribution in [0.1, 0.15) is 55.4 Å². The van der Waals surface area contributed by atoms with E-state index in [2.05, 4.69) is 51.1 Å². The summed E-state index contributed by atoms with van der Waals surface area (Å²) in [6.07, 6.45) is 2.01. The Labute approximate surface area is 134 Å². The van der Waals surface area contributed by atoms with Gasteiger partial charge in [-0.15, -0.1) is 0 Å². The first-order valence-corrected chi connectivity index (χ1v) is 8.11. The molecule has 22 heavy (non-hydrogen) atoms. The monoisotopic (exact) mass is 296 g/mol. The molecule has 0 aromatic heterocycles. The predicted molar refractivity (Wildman–Crippen MR) is 97.1 cm³/mol. The molecular weight excluding hydrogens is 268 g/mol. The lowest BCUT2D eigenvalue weighted by atomic mass is 9.84. The van der Waals surface area contributed by atoms with E-state index in [9.17, 15) is 0 Å². The van der Waals surface area contributed by atoms with E-state index < -0.39 is 0 Å². The number of hydrogen-bond donors (Lipinski definition) is 2. The van der Waals surface area contributed by atoms with Gasteiger partial charge in [0.25, 0.3) is 0 Å². The van der Waals surface area contributed by atoms with E-state index in [0.29, 0.717) is 11.8 Å². The van der Waals surface area contributed by atoms with Gasteiger partial charge >= 0.3 is 0 Å². The maximum atomic E-state index is 6.42. The average Bonchev–Trinajstić information content (AvgIpc) is 2.48. The Kier molecular flexibility index (Phi) is 5.12. The third-order valence-electron chi connectivity index (χ3n) is 4.40. The van der Waals surface area contributed by atoms with Crippen molar-refractivity contribution < 1.29 is 0 Å². The van der Waals surface area contributed by atoms with Gasteiger partial charge in [0.1, 0.15) is 0 Å². The van der Waals surface area contributed by atoms with Crippen LogP contribution < -0.4 is 11.5 Å². The lowest BCUT2D eigenvalue weighted by Gasteiger charge is -2.22. The zero-order valence-electron chi connectivity index (χ0n) is 14.2. The van der Waals surface area contributed by atoms with Crippen molar-refractivity contribution in [2.24, 2.45) is 5.92 Å². The Balaban J connectivity index is 2.47. The van der Waals surface area contributed by atoms with Crippen molar-refractivity contribution in [3.8, 4) is 0 Å². The van der Waals surface area contributed by atoms with E-state index in [0.717, 1.165) is 29.8 Å². The summed E-state index contributed by atoms with van der Waals surface area (Å²) in [7, 11) is 0. The molecule has 2 heteroatoms. The largest absolute Gasteiger partial charge is 0.398 e. The van der Waals surface area contributed by atoms with Gasteiger partial charge in [0.2, 0.25) is 0 Å². The number of rotatable bonds is 5. The minimum atomic E-state index is 0.462. The van der Waals surface area contributed by atoms with E-state index in [4.69, 9.17) is 11.5 Å². The standard InChI is InChI=1S/C20H28N2/c1-13(2)10-14(3)17-12-19(21)15(4)20(22)18(17)11-16-8-6-5-7-9-16/h5-9,12-14H,10-11,21-22H2,1-4H3. The van der Waals surface area contributed by atoms with Gasteiger partial charge < -0.3 is 11.5 Å². The molecule has 2 aromatic carbocycles. The summed E-state index contributed by atoms with van der Waals surface area (Å²) in [5.74, 6) is 1.12.